The molecule has 1 amide bonds. The third kappa shape index (κ3) is 4.53. The summed E-state index contributed by atoms with van der Waals surface area (Å²) in [7, 11) is 6.63. The summed E-state index contributed by atoms with van der Waals surface area (Å²) < 4.78 is 17.9. The Kier molecular flexibility index (Phi) is 6.71. The van der Waals surface area contributed by atoms with Gasteiger partial charge in [0.05, 0.1) is 33.1 Å². The van der Waals surface area contributed by atoms with Gasteiger partial charge in [-0.2, -0.15) is 5.10 Å². The summed E-state index contributed by atoms with van der Waals surface area (Å²) in [4.78, 5) is 12.4. The third-order valence-electron chi connectivity index (χ3n) is 4.74. The Morgan fingerprint density at radius 3 is 2.19 bits per heavy atom. The van der Waals surface area contributed by atoms with Crippen LogP contribution < -0.4 is 19.5 Å². The van der Waals surface area contributed by atoms with E-state index in [9.17, 15) is 4.79 Å². The van der Waals surface area contributed by atoms with Crippen molar-refractivity contribution in [3.63, 3.8) is 0 Å². The van der Waals surface area contributed by atoms with Gasteiger partial charge in [-0.3, -0.25) is 9.48 Å². The van der Waals surface area contributed by atoms with E-state index >= 15 is 0 Å². The molecule has 0 saturated carbocycles. The van der Waals surface area contributed by atoms with Crippen molar-refractivity contribution in [3.8, 4) is 17.2 Å². The fraction of sp³-hybridized carbons (Fsp3) is 0.500. The maximum atomic E-state index is 12.4. The van der Waals surface area contributed by atoms with Crippen LogP contribution in [0.15, 0.2) is 12.1 Å². The molecule has 1 aromatic carbocycles. The summed E-state index contributed by atoms with van der Waals surface area (Å²) in [5, 5.41) is 7.47. The summed E-state index contributed by atoms with van der Waals surface area (Å²) in [6.45, 7) is 5.95. The summed E-state index contributed by atoms with van der Waals surface area (Å²) in [6, 6.07) is 3.65. The Labute approximate surface area is 160 Å². The van der Waals surface area contributed by atoms with E-state index in [2.05, 4.69) is 10.4 Å². The average Bonchev–Trinajstić information content (AvgIpc) is 2.90. The number of aryl methyl sites for hydroxylation is 3. The van der Waals surface area contributed by atoms with Crippen LogP contribution in [-0.4, -0.2) is 37.0 Å². The molecule has 7 nitrogen and oxygen atoms in total. The minimum absolute atomic E-state index is 0.0149. The monoisotopic (exact) mass is 375 g/mol. The highest BCUT2D eigenvalue weighted by molar-refractivity contribution is 5.76. The first kappa shape index (κ1) is 20.6. The highest BCUT2D eigenvalue weighted by Gasteiger charge is 2.18. The van der Waals surface area contributed by atoms with E-state index in [1.807, 2.05) is 44.6 Å². The molecule has 1 N–H and O–H groups in total. The number of benzene rings is 1. The van der Waals surface area contributed by atoms with Gasteiger partial charge in [0.1, 0.15) is 0 Å². The van der Waals surface area contributed by atoms with E-state index in [0.717, 1.165) is 22.5 Å². The van der Waals surface area contributed by atoms with Crippen LogP contribution >= 0.6 is 0 Å². The molecule has 2 rings (SSSR count). The van der Waals surface area contributed by atoms with Crippen LogP contribution in [0.5, 0.6) is 17.2 Å². The summed E-state index contributed by atoms with van der Waals surface area (Å²) in [5.74, 6) is 1.70. The molecule has 148 valence electrons. The standard InChI is InChI=1S/C20H29N3O4/c1-12(19-13(2)22-23(4)14(19)3)21-18(24)9-8-15-10-16(25-5)20(27-7)17(11-15)26-6/h10-12H,8-9H2,1-7H3,(H,21,24)/t12-/m1/s1. The lowest BCUT2D eigenvalue weighted by molar-refractivity contribution is -0.121. The Balaban J connectivity index is 2.05. The van der Waals surface area contributed by atoms with E-state index in [0.29, 0.717) is 30.1 Å². The molecular formula is C20H29N3O4. The molecule has 1 heterocycles. The van der Waals surface area contributed by atoms with E-state index < -0.39 is 0 Å². The smallest absolute Gasteiger partial charge is 0.220 e. The molecule has 7 heteroatoms. The highest BCUT2D eigenvalue weighted by atomic mass is 16.5. The van der Waals surface area contributed by atoms with Gasteiger partial charge in [-0.05, 0) is 44.9 Å². The summed E-state index contributed by atoms with van der Waals surface area (Å²) >= 11 is 0. The second-order valence-corrected chi connectivity index (χ2v) is 6.53. The topological polar surface area (TPSA) is 74.6 Å². The molecule has 2 aromatic rings. The molecule has 1 atom stereocenters. The number of carbonyl (C=O) groups is 1. The maximum absolute atomic E-state index is 12.4. The predicted octanol–water partition coefficient (Wildman–Crippen LogP) is 2.87. The van der Waals surface area contributed by atoms with Crippen molar-refractivity contribution in [2.75, 3.05) is 21.3 Å². The van der Waals surface area contributed by atoms with Crippen molar-refractivity contribution < 1.29 is 19.0 Å². The maximum Gasteiger partial charge on any atom is 0.220 e. The van der Waals surface area contributed by atoms with Gasteiger partial charge in [0.15, 0.2) is 11.5 Å². The number of amides is 1. The van der Waals surface area contributed by atoms with E-state index in [-0.39, 0.29) is 11.9 Å². The lowest BCUT2D eigenvalue weighted by atomic mass is 10.0. The fourth-order valence-corrected chi connectivity index (χ4v) is 3.34. The quantitative estimate of drug-likeness (QED) is 0.768. The van der Waals surface area contributed by atoms with Gasteiger partial charge in [0.25, 0.3) is 0 Å². The lowest BCUT2D eigenvalue weighted by Crippen LogP contribution is -2.27. The molecular weight excluding hydrogens is 346 g/mol. The van der Waals surface area contributed by atoms with Crippen LogP contribution in [0.2, 0.25) is 0 Å². The zero-order chi connectivity index (χ0) is 20.1. The van der Waals surface area contributed by atoms with Crippen molar-refractivity contribution in [2.45, 2.75) is 39.7 Å². The molecule has 0 spiro atoms. The first-order chi connectivity index (χ1) is 12.8. The number of nitrogens with zero attached hydrogens (tertiary/aromatic N) is 2. The Morgan fingerprint density at radius 2 is 1.74 bits per heavy atom. The van der Waals surface area contributed by atoms with Crippen molar-refractivity contribution in [1.29, 1.82) is 0 Å². The SMILES string of the molecule is COc1cc(CCC(=O)N[C@H](C)c2c(C)nn(C)c2C)cc(OC)c1OC. The molecule has 0 fully saturated rings. The van der Waals surface area contributed by atoms with E-state index in [4.69, 9.17) is 14.2 Å². The molecule has 1 aromatic heterocycles. The van der Waals surface area contributed by atoms with Crippen molar-refractivity contribution in [1.82, 2.24) is 15.1 Å². The van der Waals surface area contributed by atoms with Crippen LogP contribution in [0.4, 0.5) is 0 Å². The van der Waals surface area contributed by atoms with E-state index in [1.165, 1.54) is 0 Å². The molecule has 0 aliphatic heterocycles. The van der Waals surface area contributed by atoms with Gasteiger partial charge in [-0.1, -0.05) is 0 Å². The number of hydrogen-bond acceptors (Lipinski definition) is 5. The van der Waals surface area contributed by atoms with Gasteiger partial charge >= 0.3 is 0 Å². The Bertz CT molecular complexity index is 789. The zero-order valence-electron chi connectivity index (χ0n) is 17.2. The number of carbonyl (C=O) groups excluding carboxylic acids is 1. The van der Waals surface area contributed by atoms with Crippen LogP contribution in [0.3, 0.4) is 0 Å². The normalized spacial score (nSPS) is 11.8. The van der Waals surface area contributed by atoms with Crippen molar-refractivity contribution in [2.24, 2.45) is 7.05 Å². The van der Waals surface area contributed by atoms with Crippen LogP contribution in [0.25, 0.3) is 0 Å². The molecule has 0 radical (unpaired) electrons. The highest BCUT2D eigenvalue weighted by Crippen LogP contribution is 2.38. The number of hydrogen-bond donors (Lipinski definition) is 1. The minimum Gasteiger partial charge on any atom is -0.493 e. The molecule has 0 bridgehead atoms. The summed E-state index contributed by atoms with van der Waals surface area (Å²) in [5.41, 5.74) is 4.01. The summed E-state index contributed by atoms with van der Waals surface area (Å²) in [6.07, 6.45) is 0.932. The van der Waals surface area contributed by atoms with Crippen molar-refractivity contribution in [3.05, 3.63) is 34.6 Å². The number of nitrogens with one attached hydrogen (secondary N) is 1. The predicted molar refractivity (Wildman–Crippen MR) is 104 cm³/mol. The van der Waals surface area contributed by atoms with Gasteiger partial charge < -0.3 is 19.5 Å². The van der Waals surface area contributed by atoms with Gasteiger partial charge in [0, 0.05) is 24.7 Å². The molecule has 0 saturated heterocycles. The molecule has 27 heavy (non-hydrogen) atoms. The van der Waals surface area contributed by atoms with E-state index in [1.54, 1.807) is 21.3 Å². The zero-order valence-corrected chi connectivity index (χ0v) is 17.2. The Morgan fingerprint density at radius 1 is 1.15 bits per heavy atom. The largest absolute Gasteiger partial charge is 0.493 e. The first-order valence-electron chi connectivity index (χ1n) is 8.90. The fourth-order valence-electron chi connectivity index (χ4n) is 3.34. The molecule has 0 aliphatic carbocycles. The lowest BCUT2D eigenvalue weighted by Gasteiger charge is -2.16. The Hall–Kier alpha value is -2.70. The number of ether oxygens (including phenoxy) is 3. The third-order valence-corrected chi connectivity index (χ3v) is 4.74. The van der Waals surface area contributed by atoms with Crippen LogP contribution in [-0.2, 0) is 18.3 Å². The van der Waals surface area contributed by atoms with Crippen molar-refractivity contribution >= 4 is 5.91 Å². The van der Waals surface area contributed by atoms with Gasteiger partial charge in [-0.25, -0.2) is 0 Å². The minimum atomic E-state index is -0.0915. The second-order valence-electron chi connectivity index (χ2n) is 6.53. The molecule has 0 aliphatic rings. The van der Waals surface area contributed by atoms with Gasteiger partial charge in [-0.15, -0.1) is 0 Å². The number of aromatic nitrogens is 2. The number of methoxy groups -OCH3 is 3. The average molecular weight is 375 g/mol. The van der Waals surface area contributed by atoms with Crippen LogP contribution in [0, 0.1) is 13.8 Å². The second kappa shape index (κ2) is 8.79. The first-order valence-corrected chi connectivity index (χ1v) is 8.90. The van der Waals surface area contributed by atoms with Crippen LogP contribution in [0.1, 0.15) is 41.9 Å². The number of rotatable bonds is 8. The van der Waals surface area contributed by atoms with Gasteiger partial charge in [0.2, 0.25) is 11.7 Å². The molecule has 0 unspecified atom stereocenters.